The molecule has 0 saturated heterocycles. The third kappa shape index (κ3) is 3.48. The zero-order chi connectivity index (χ0) is 16.2. The van der Waals surface area contributed by atoms with Crippen LogP contribution in [0.15, 0.2) is 53.5 Å². The maximum absolute atomic E-state index is 12.8. The van der Waals surface area contributed by atoms with Crippen LogP contribution in [0.25, 0.3) is 0 Å². The number of hydrogen-bond donors (Lipinski definition) is 0. The molecule has 1 aliphatic rings. The van der Waals surface area contributed by atoms with Gasteiger partial charge in [0.05, 0.1) is 6.54 Å². The average molecular weight is 324 g/mol. The smallest absolute Gasteiger partial charge is 0.260 e. The quantitative estimate of drug-likeness (QED) is 0.853. The van der Waals surface area contributed by atoms with Gasteiger partial charge in [0, 0.05) is 17.9 Å². The van der Waals surface area contributed by atoms with Crippen LogP contribution in [0.1, 0.15) is 27.0 Å². The molecule has 0 saturated carbocycles. The molecule has 1 amide bonds. The number of amides is 1. The Kier molecular flexibility index (Phi) is 4.82. The van der Waals surface area contributed by atoms with E-state index in [1.165, 1.54) is 11.1 Å². The summed E-state index contributed by atoms with van der Waals surface area (Å²) in [5.74, 6) is 0.889. The van der Waals surface area contributed by atoms with Crippen molar-refractivity contribution in [3.8, 4) is 0 Å². The number of thioether (sulfide) groups is 1. The first-order chi connectivity index (χ1) is 11.2. The normalized spacial score (nSPS) is 14.0. The van der Waals surface area contributed by atoms with Gasteiger partial charge in [0.25, 0.3) is 5.91 Å². The molecular formula is C19H20N2OS. The van der Waals surface area contributed by atoms with Gasteiger partial charge in [0.1, 0.15) is 0 Å². The summed E-state index contributed by atoms with van der Waals surface area (Å²) in [6.45, 7) is 5.44. The van der Waals surface area contributed by atoms with Crippen molar-refractivity contribution in [3.63, 3.8) is 0 Å². The molecule has 0 fully saturated rings. The SMILES string of the molecule is Cc1ccccc1CSC1=NCCN1C(=O)c1ccccc1C. The van der Waals surface area contributed by atoms with Crippen LogP contribution < -0.4 is 0 Å². The van der Waals surface area contributed by atoms with Gasteiger partial charge in [0.2, 0.25) is 0 Å². The van der Waals surface area contributed by atoms with Crippen LogP contribution in [0.2, 0.25) is 0 Å². The zero-order valence-electron chi connectivity index (χ0n) is 13.5. The van der Waals surface area contributed by atoms with Gasteiger partial charge in [-0.05, 0) is 36.6 Å². The van der Waals surface area contributed by atoms with Crippen LogP contribution in [0.3, 0.4) is 0 Å². The lowest BCUT2D eigenvalue weighted by atomic mass is 10.1. The zero-order valence-corrected chi connectivity index (χ0v) is 14.3. The molecule has 2 aromatic rings. The number of nitrogens with zero attached hydrogens (tertiary/aromatic N) is 2. The molecule has 1 aliphatic heterocycles. The summed E-state index contributed by atoms with van der Waals surface area (Å²) in [7, 11) is 0. The lowest BCUT2D eigenvalue weighted by Crippen LogP contribution is -2.33. The Bertz CT molecular complexity index is 755. The van der Waals surface area contributed by atoms with Gasteiger partial charge in [-0.3, -0.25) is 14.7 Å². The van der Waals surface area contributed by atoms with E-state index in [4.69, 9.17) is 0 Å². The Morgan fingerprint density at radius 2 is 1.78 bits per heavy atom. The summed E-state index contributed by atoms with van der Waals surface area (Å²) in [6.07, 6.45) is 0. The van der Waals surface area contributed by atoms with E-state index in [1.54, 1.807) is 11.8 Å². The van der Waals surface area contributed by atoms with Crippen LogP contribution in [-0.4, -0.2) is 29.1 Å². The largest absolute Gasteiger partial charge is 0.286 e. The van der Waals surface area contributed by atoms with E-state index < -0.39 is 0 Å². The second-order valence-electron chi connectivity index (χ2n) is 5.65. The second-order valence-corrected chi connectivity index (χ2v) is 6.59. The average Bonchev–Trinajstić information content (AvgIpc) is 3.02. The number of hydrogen-bond acceptors (Lipinski definition) is 3. The molecule has 23 heavy (non-hydrogen) atoms. The van der Waals surface area contributed by atoms with Gasteiger partial charge in [-0.1, -0.05) is 54.2 Å². The Morgan fingerprint density at radius 3 is 2.52 bits per heavy atom. The fourth-order valence-corrected chi connectivity index (χ4v) is 3.73. The molecular weight excluding hydrogens is 304 g/mol. The molecule has 1 heterocycles. The predicted molar refractivity (Wildman–Crippen MR) is 97.0 cm³/mol. The molecule has 0 aliphatic carbocycles. The molecule has 0 unspecified atom stereocenters. The first-order valence-electron chi connectivity index (χ1n) is 7.76. The van der Waals surface area contributed by atoms with E-state index in [0.717, 1.165) is 22.0 Å². The van der Waals surface area contributed by atoms with E-state index in [-0.39, 0.29) is 5.91 Å². The van der Waals surface area contributed by atoms with Crippen LogP contribution in [-0.2, 0) is 5.75 Å². The van der Waals surface area contributed by atoms with Crippen LogP contribution in [0, 0.1) is 13.8 Å². The van der Waals surface area contributed by atoms with Crippen molar-refractivity contribution in [2.75, 3.05) is 13.1 Å². The fraction of sp³-hybridized carbons (Fsp3) is 0.263. The summed E-state index contributed by atoms with van der Waals surface area (Å²) in [5.41, 5.74) is 4.33. The highest BCUT2D eigenvalue weighted by Gasteiger charge is 2.25. The molecule has 0 bridgehead atoms. The van der Waals surface area contributed by atoms with Crippen molar-refractivity contribution in [1.29, 1.82) is 0 Å². The Morgan fingerprint density at radius 1 is 1.09 bits per heavy atom. The molecule has 2 aromatic carbocycles. The Labute approximate surface area is 141 Å². The Balaban J connectivity index is 1.72. The fourth-order valence-electron chi connectivity index (χ4n) is 2.61. The van der Waals surface area contributed by atoms with Crippen LogP contribution in [0.5, 0.6) is 0 Å². The number of amidine groups is 1. The number of rotatable bonds is 3. The molecule has 0 atom stereocenters. The molecule has 0 N–H and O–H groups in total. The minimum Gasteiger partial charge on any atom is -0.286 e. The molecule has 4 heteroatoms. The van der Waals surface area contributed by atoms with Crippen molar-refractivity contribution in [2.24, 2.45) is 4.99 Å². The molecule has 118 valence electrons. The van der Waals surface area contributed by atoms with Gasteiger partial charge in [-0.25, -0.2) is 0 Å². The first-order valence-corrected chi connectivity index (χ1v) is 8.74. The van der Waals surface area contributed by atoms with Gasteiger partial charge in [-0.2, -0.15) is 0 Å². The molecule has 0 spiro atoms. The summed E-state index contributed by atoms with van der Waals surface area (Å²) >= 11 is 1.64. The van der Waals surface area contributed by atoms with Crippen molar-refractivity contribution in [1.82, 2.24) is 4.90 Å². The van der Waals surface area contributed by atoms with Crippen molar-refractivity contribution >= 4 is 22.8 Å². The van der Waals surface area contributed by atoms with E-state index in [1.807, 2.05) is 42.2 Å². The van der Waals surface area contributed by atoms with E-state index in [2.05, 4.69) is 30.1 Å². The third-order valence-corrected chi connectivity index (χ3v) is 5.10. The lowest BCUT2D eigenvalue weighted by molar-refractivity contribution is 0.0860. The van der Waals surface area contributed by atoms with Crippen molar-refractivity contribution in [3.05, 3.63) is 70.8 Å². The Hall–Kier alpha value is -2.07. The van der Waals surface area contributed by atoms with Crippen LogP contribution >= 0.6 is 11.8 Å². The third-order valence-electron chi connectivity index (χ3n) is 4.04. The van der Waals surface area contributed by atoms with Gasteiger partial charge >= 0.3 is 0 Å². The topological polar surface area (TPSA) is 32.7 Å². The van der Waals surface area contributed by atoms with Crippen molar-refractivity contribution < 1.29 is 4.79 Å². The molecule has 0 aromatic heterocycles. The number of benzene rings is 2. The summed E-state index contributed by atoms with van der Waals surface area (Å²) < 4.78 is 0. The maximum Gasteiger partial charge on any atom is 0.260 e. The highest BCUT2D eigenvalue weighted by Crippen LogP contribution is 2.23. The highest BCUT2D eigenvalue weighted by atomic mass is 32.2. The van der Waals surface area contributed by atoms with Gasteiger partial charge < -0.3 is 0 Å². The maximum atomic E-state index is 12.8. The summed E-state index contributed by atoms with van der Waals surface area (Å²) in [5, 5.41) is 0.835. The first kappa shape index (κ1) is 15.8. The number of aliphatic imine (C=N–C) groups is 1. The number of carbonyl (C=O) groups excluding carboxylic acids is 1. The van der Waals surface area contributed by atoms with Gasteiger partial charge in [-0.15, -0.1) is 0 Å². The van der Waals surface area contributed by atoms with E-state index in [0.29, 0.717) is 13.1 Å². The van der Waals surface area contributed by atoms with E-state index >= 15 is 0 Å². The molecule has 0 radical (unpaired) electrons. The monoisotopic (exact) mass is 324 g/mol. The predicted octanol–water partition coefficient (Wildman–Crippen LogP) is 4.05. The van der Waals surface area contributed by atoms with Crippen molar-refractivity contribution in [2.45, 2.75) is 19.6 Å². The minimum atomic E-state index is 0.0524. The minimum absolute atomic E-state index is 0.0524. The number of carbonyl (C=O) groups is 1. The highest BCUT2D eigenvalue weighted by molar-refractivity contribution is 8.13. The van der Waals surface area contributed by atoms with E-state index in [9.17, 15) is 4.79 Å². The standard InChI is InChI=1S/C19H20N2OS/c1-14-7-3-5-9-16(14)13-23-19-20-11-12-21(19)18(22)17-10-6-4-8-15(17)2/h3-10H,11-13H2,1-2H3. The van der Waals surface area contributed by atoms with Gasteiger partial charge in [0.15, 0.2) is 5.17 Å². The van der Waals surface area contributed by atoms with Crippen LogP contribution in [0.4, 0.5) is 0 Å². The molecule has 3 rings (SSSR count). The second kappa shape index (κ2) is 7.01. The molecule has 3 nitrogen and oxygen atoms in total. The number of aryl methyl sites for hydroxylation is 2. The lowest BCUT2D eigenvalue weighted by Gasteiger charge is -2.19. The summed E-state index contributed by atoms with van der Waals surface area (Å²) in [6, 6.07) is 16.1. The summed E-state index contributed by atoms with van der Waals surface area (Å²) in [4.78, 5) is 19.1.